The lowest BCUT2D eigenvalue weighted by molar-refractivity contribution is -0.0964. The summed E-state index contributed by atoms with van der Waals surface area (Å²) in [5.74, 6) is -0.926. The maximum absolute atomic E-state index is 13.1. The van der Waals surface area contributed by atoms with E-state index in [1.807, 2.05) is 0 Å². The van der Waals surface area contributed by atoms with Crippen LogP contribution in [0.5, 0.6) is 5.75 Å². The maximum Gasteiger partial charge on any atom is 0.487 e. The van der Waals surface area contributed by atoms with Crippen LogP contribution in [0.2, 0.25) is 0 Å². The number of halogens is 4. The summed E-state index contributed by atoms with van der Waals surface area (Å²) < 4.78 is 30.3. The Morgan fingerprint density at radius 3 is 2.58 bits per heavy atom. The first-order valence-electron chi connectivity index (χ1n) is 11.0. The second-order valence-electron chi connectivity index (χ2n) is 8.02. The van der Waals surface area contributed by atoms with E-state index in [2.05, 4.69) is 46.3 Å². The number of anilines is 3. The lowest BCUT2D eigenvalue weighted by Gasteiger charge is -2.21. The van der Waals surface area contributed by atoms with Crippen LogP contribution in [-0.2, 0) is 0 Å². The van der Waals surface area contributed by atoms with E-state index in [4.69, 9.17) is 11.6 Å². The predicted octanol–water partition coefficient (Wildman–Crippen LogP) is 4.60. The highest BCUT2D eigenvalue weighted by atomic mass is 79.9. The number of carbonyl (C=O) groups excluding carboxylic acids is 2. The van der Waals surface area contributed by atoms with E-state index < -0.39 is 23.5 Å². The Kier molecular flexibility index (Phi) is 8.65. The minimum Gasteiger partial charge on any atom is -0.420 e. The van der Waals surface area contributed by atoms with Crippen LogP contribution in [0.25, 0.3) is 0 Å². The van der Waals surface area contributed by atoms with Crippen LogP contribution in [0.15, 0.2) is 52.4 Å². The second kappa shape index (κ2) is 11.8. The van der Waals surface area contributed by atoms with Gasteiger partial charge in [0, 0.05) is 42.8 Å². The molecule has 3 heterocycles. The van der Waals surface area contributed by atoms with Crippen LogP contribution in [0.4, 0.5) is 26.0 Å². The van der Waals surface area contributed by atoms with Crippen LogP contribution < -0.4 is 20.3 Å². The van der Waals surface area contributed by atoms with Crippen molar-refractivity contribution in [1.29, 1.82) is 0 Å². The van der Waals surface area contributed by atoms with Crippen molar-refractivity contribution in [3.63, 3.8) is 0 Å². The zero-order chi connectivity index (χ0) is 27.4. The number of aliphatic hydroxyl groups is 1. The van der Waals surface area contributed by atoms with Crippen molar-refractivity contribution in [2.45, 2.75) is 23.2 Å². The Morgan fingerprint density at radius 1 is 1.21 bits per heavy atom. The number of pyridine rings is 1. The average molecular weight is 630 g/mol. The van der Waals surface area contributed by atoms with Crippen LogP contribution in [0.3, 0.4) is 0 Å². The number of carbonyl (C=O) groups is 2. The number of nitrogens with zero attached hydrogens (tertiary/aromatic N) is 4. The highest BCUT2D eigenvalue weighted by Crippen LogP contribution is 2.30. The van der Waals surface area contributed by atoms with Crippen molar-refractivity contribution in [2.24, 2.45) is 0 Å². The number of alkyl halides is 3. The first kappa shape index (κ1) is 28.0. The summed E-state index contributed by atoms with van der Waals surface area (Å²) in [6, 6.07) is 6.63. The molecule has 1 atom stereocenters. The van der Waals surface area contributed by atoms with Gasteiger partial charge in [-0.25, -0.2) is 15.0 Å². The molecule has 1 aromatic carbocycles. The third kappa shape index (κ3) is 7.07. The molecule has 0 saturated carbocycles. The first-order valence-corrected chi connectivity index (χ1v) is 13.4. The van der Waals surface area contributed by atoms with E-state index in [1.165, 1.54) is 54.5 Å². The minimum absolute atomic E-state index is 0.0939. The summed E-state index contributed by atoms with van der Waals surface area (Å²) >= 11 is 9.32. The molecule has 1 aliphatic rings. The molecule has 38 heavy (non-hydrogen) atoms. The molecule has 200 valence electrons. The van der Waals surface area contributed by atoms with Crippen LogP contribution in [0.1, 0.15) is 27.3 Å². The topological polar surface area (TPSA) is 130 Å². The van der Waals surface area contributed by atoms with Crippen molar-refractivity contribution >= 4 is 68.3 Å². The number of hydrogen-bond acceptors (Lipinski definition) is 9. The Bertz CT molecular complexity index is 1350. The van der Waals surface area contributed by atoms with Gasteiger partial charge in [-0.2, -0.15) is 0 Å². The van der Waals surface area contributed by atoms with Gasteiger partial charge in [0.1, 0.15) is 11.4 Å². The molecule has 3 N–H and O–H groups in total. The lowest BCUT2D eigenvalue weighted by Crippen LogP contribution is -2.25. The number of amides is 2. The van der Waals surface area contributed by atoms with E-state index in [1.54, 1.807) is 11.2 Å². The van der Waals surface area contributed by atoms with Gasteiger partial charge in [-0.05, 0) is 58.9 Å². The average Bonchev–Trinajstić information content (AvgIpc) is 3.30. The van der Waals surface area contributed by atoms with E-state index in [0.29, 0.717) is 40.6 Å². The van der Waals surface area contributed by atoms with Gasteiger partial charge in [0.25, 0.3) is 11.8 Å². The molecule has 0 radical (unpaired) electrons. The molecule has 1 aliphatic heterocycles. The van der Waals surface area contributed by atoms with Gasteiger partial charge in [0.15, 0.2) is 11.0 Å². The molecular formula is C23H20BrClF2N6O4S. The molecule has 4 rings (SSSR count). The molecule has 0 spiro atoms. The molecule has 2 amide bonds. The summed E-state index contributed by atoms with van der Waals surface area (Å²) in [5.41, 5.74) is -3.12. The third-order valence-electron chi connectivity index (χ3n) is 5.31. The highest BCUT2D eigenvalue weighted by molar-refractivity contribution is 9.10. The number of benzene rings is 1. The van der Waals surface area contributed by atoms with Gasteiger partial charge >= 0.3 is 5.57 Å². The monoisotopic (exact) mass is 628 g/mol. The van der Waals surface area contributed by atoms with Gasteiger partial charge in [-0.1, -0.05) is 11.8 Å². The summed E-state index contributed by atoms with van der Waals surface area (Å²) in [6.07, 6.45) is 4.57. The van der Waals surface area contributed by atoms with Gasteiger partial charge in [0.05, 0.1) is 21.8 Å². The number of thioether (sulfide) groups is 1. The standard InChI is InChI=1S/C23H20BrClF2N6O4S/c1-38-22-29-10-16(24)18(32-22)21(36)31-17-8-12(9-28-19(17)33-7-6-14(34)11-33)20(35)30-13-2-4-15(5-3-13)37-23(25,26)27/h2-5,8-10,14,34H,6-7,11H2,1H3,(H,30,35)(H,31,36). The highest BCUT2D eigenvalue weighted by Gasteiger charge is 2.28. The predicted molar refractivity (Wildman–Crippen MR) is 142 cm³/mol. The van der Waals surface area contributed by atoms with E-state index in [9.17, 15) is 23.5 Å². The van der Waals surface area contributed by atoms with Gasteiger partial charge in [-0.15, -0.1) is 8.78 Å². The second-order valence-corrected chi connectivity index (χ2v) is 10.1. The fourth-order valence-electron chi connectivity index (χ4n) is 3.59. The van der Waals surface area contributed by atoms with Crippen molar-refractivity contribution in [1.82, 2.24) is 15.0 Å². The zero-order valence-electron chi connectivity index (χ0n) is 19.6. The van der Waals surface area contributed by atoms with Gasteiger partial charge < -0.3 is 25.4 Å². The zero-order valence-corrected chi connectivity index (χ0v) is 22.8. The molecule has 1 unspecified atom stereocenters. The molecule has 1 saturated heterocycles. The van der Waals surface area contributed by atoms with E-state index >= 15 is 0 Å². The molecule has 0 bridgehead atoms. The minimum atomic E-state index is -3.86. The van der Waals surface area contributed by atoms with Crippen molar-refractivity contribution in [2.75, 3.05) is 34.9 Å². The SMILES string of the molecule is CSc1ncc(Br)c(C(=O)Nc2cc(C(=O)Nc3ccc(OC(F)(F)Cl)cc3)cnc2N2CCC(O)C2)n1. The summed E-state index contributed by atoms with van der Waals surface area (Å²) in [7, 11) is 0. The molecule has 2 aromatic heterocycles. The largest absolute Gasteiger partial charge is 0.487 e. The molecule has 3 aromatic rings. The summed E-state index contributed by atoms with van der Waals surface area (Å²) in [6.45, 7) is 0.817. The Labute approximate surface area is 233 Å². The number of β-amino-alcohol motifs (C(OH)–C–C–N with tert-alkyl or cyclic N) is 1. The number of rotatable bonds is 8. The Hall–Kier alpha value is -3.07. The smallest absolute Gasteiger partial charge is 0.420 e. The number of aliphatic hydroxyl groups excluding tert-OH is 1. The van der Waals surface area contributed by atoms with Gasteiger partial charge in [0.2, 0.25) is 0 Å². The lowest BCUT2D eigenvalue weighted by atomic mass is 10.2. The van der Waals surface area contributed by atoms with Crippen molar-refractivity contribution < 1.29 is 28.2 Å². The molecular weight excluding hydrogens is 610 g/mol. The number of aromatic nitrogens is 3. The molecule has 1 fully saturated rings. The van der Waals surface area contributed by atoms with E-state index in [-0.39, 0.29) is 22.7 Å². The number of nitrogens with one attached hydrogen (secondary N) is 2. The van der Waals surface area contributed by atoms with Crippen LogP contribution in [0, 0.1) is 0 Å². The fourth-order valence-corrected chi connectivity index (χ4v) is 4.39. The Balaban J connectivity index is 1.58. The summed E-state index contributed by atoms with van der Waals surface area (Å²) in [4.78, 5) is 40.6. The van der Waals surface area contributed by atoms with Crippen LogP contribution >= 0.6 is 39.3 Å². The normalized spacial score (nSPS) is 15.3. The van der Waals surface area contributed by atoms with E-state index in [0.717, 1.165) is 0 Å². The third-order valence-corrected chi connectivity index (χ3v) is 6.52. The fraction of sp³-hybridized carbons (Fsp3) is 0.261. The van der Waals surface area contributed by atoms with Crippen molar-refractivity contribution in [3.8, 4) is 5.75 Å². The van der Waals surface area contributed by atoms with Crippen LogP contribution in [-0.4, -0.2) is 62.9 Å². The van der Waals surface area contributed by atoms with Gasteiger partial charge in [-0.3, -0.25) is 9.59 Å². The first-order chi connectivity index (χ1) is 18.0. The number of ether oxygens (including phenoxy) is 1. The molecule has 0 aliphatic carbocycles. The maximum atomic E-state index is 13.1. The number of hydrogen-bond donors (Lipinski definition) is 3. The molecule has 15 heteroatoms. The summed E-state index contributed by atoms with van der Waals surface area (Å²) in [5, 5.41) is 15.8. The quantitative estimate of drug-likeness (QED) is 0.186. The van der Waals surface area contributed by atoms with Crippen molar-refractivity contribution in [3.05, 3.63) is 58.5 Å². The molecule has 10 nitrogen and oxygen atoms in total. The Morgan fingerprint density at radius 2 is 1.95 bits per heavy atom.